The van der Waals surface area contributed by atoms with Crippen LogP contribution in [0.1, 0.15) is 19.8 Å². The van der Waals surface area contributed by atoms with Gasteiger partial charge in [0.2, 0.25) is 5.91 Å². The number of hydrogen-bond donors (Lipinski definition) is 1. The first-order valence-corrected chi connectivity index (χ1v) is 8.65. The molecule has 2 heterocycles. The summed E-state index contributed by atoms with van der Waals surface area (Å²) >= 11 is 0. The lowest BCUT2D eigenvalue weighted by Crippen LogP contribution is -2.42. The van der Waals surface area contributed by atoms with Crippen LogP contribution in [-0.4, -0.2) is 67.2 Å². The Kier molecular flexibility index (Phi) is 4.22. The van der Waals surface area contributed by atoms with Gasteiger partial charge < -0.3 is 4.90 Å². The van der Waals surface area contributed by atoms with Crippen molar-refractivity contribution >= 4 is 27.6 Å². The van der Waals surface area contributed by atoms with Gasteiger partial charge in [0.05, 0.1) is 11.5 Å². The Hall–Kier alpha value is -1.64. The van der Waals surface area contributed by atoms with Gasteiger partial charge in [-0.3, -0.25) is 24.8 Å². The molecule has 0 aromatic heterocycles. The maximum atomic E-state index is 12.3. The van der Waals surface area contributed by atoms with Crippen molar-refractivity contribution < 1.29 is 22.8 Å². The summed E-state index contributed by atoms with van der Waals surface area (Å²) in [5.74, 6) is -2.28. The Bertz CT molecular complexity index is 573. The van der Waals surface area contributed by atoms with Crippen molar-refractivity contribution in [3.63, 3.8) is 0 Å². The largest absolute Gasteiger partial charge is 0.339 e. The minimum absolute atomic E-state index is 0.0444. The Morgan fingerprint density at radius 2 is 2.10 bits per heavy atom. The fraction of sp³-hybridized carbons (Fsp3) is 0.750. The molecule has 0 aromatic rings. The lowest BCUT2D eigenvalue weighted by molar-refractivity contribution is -0.140. The third-order valence-electron chi connectivity index (χ3n) is 3.91. The van der Waals surface area contributed by atoms with Crippen LogP contribution in [0.2, 0.25) is 0 Å². The van der Waals surface area contributed by atoms with Gasteiger partial charge in [0.15, 0.2) is 9.84 Å². The molecule has 2 fully saturated rings. The van der Waals surface area contributed by atoms with E-state index < -0.39 is 27.6 Å². The fourth-order valence-electron chi connectivity index (χ4n) is 2.78. The summed E-state index contributed by atoms with van der Waals surface area (Å²) in [6.45, 7) is 2.11. The van der Waals surface area contributed by atoms with Crippen molar-refractivity contribution in [2.45, 2.75) is 25.8 Å². The molecule has 0 aromatic carbocycles. The van der Waals surface area contributed by atoms with Crippen molar-refractivity contribution in [3.05, 3.63) is 0 Å². The highest BCUT2D eigenvalue weighted by atomic mass is 32.2. The summed E-state index contributed by atoms with van der Waals surface area (Å²) in [5, 5.41) is 1.07. The molecule has 0 aliphatic carbocycles. The quantitative estimate of drug-likeness (QED) is 0.638. The summed E-state index contributed by atoms with van der Waals surface area (Å²) < 4.78 is 23.0. The summed E-state index contributed by atoms with van der Waals surface area (Å²) in [5.41, 5.74) is 2.34. The van der Waals surface area contributed by atoms with E-state index in [1.807, 2.05) is 0 Å². The third-order valence-corrected chi connectivity index (χ3v) is 5.66. The first kappa shape index (κ1) is 15.7. The Labute approximate surface area is 123 Å². The molecule has 9 heteroatoms. The molecule has 0 saturated carbocycles. The van der Waals surface area contributed by atoms with E-state index >= 15 is 0 Å². The van der Waals surface area contributed by atoms with Crippen molar-refractivity contribution in [2.75, 3.05) is 25.1 Å². The molecule has 0 spiro atoms. The summed E-state index contributed by atoms with van der Waals surface area (Å²) in [4.78, 5) is 37.2. The number of carbonyl (C=O) groups excluding carboxylic acids is 3. The lowest BCUT2D eigenvalue weighted by atomic mass is 10.0. The molecule has 118 valence electrons. The van der Waals surface area contributed by atoms with Crippen LogP contribution in [0.15, 0.2) is 0 Å². The molecule has 2 unspecified atom stereocenters. The van der Waals surface area contributed by atoms with Gasteiger partial charge in [0.25, 0.3) is 11.8 Å². The molecule has 2 rings (SSSR count). The highest BCUT2D eigenvalue weighted by Crippen LogP contribution is 2.21. The van der Waals surface area contributed by atoms with E-state index in [1.165, 1.54) is 11.9 Å². The summed E-state index contributed by atoms with van der Waals surface area (Å²) in [6, 6.07) is -0.357. The molecule has 3 amide bonds. The van der Waals surface area contributed by atoms with Crippen LogP contribution in [0.4, 0.5) is 0 Å². The van der Waals surface area contributed by atoms with Crippen LogP contribution in [0.25, 0.3) is 0 Å². The molecule has 8 nitrogen and oxygen atoms in total. The zero-order valence-electron chi connectivity index (χ0n) is 12.0. The molecule has 21 heavy (non-hydrogen) atoms. The van der Waals surface area contributed by atoms with Gasteiger partial charge in [0.1, 0.15) is 5.92 Å². The minimum atomic E-state index is -3.09. The average molecular weight is 317 g/mol. The summed E-state index contributed by atoms with van der Waals surface area (Å²) in [6.07, 6.45) is 0.187. The normalized spacial score (nSPS) is 27.8. The molecule has 0 bridgehead atoms. The first-order valence-electron chi connectivity index (χ1n) is 6.83. The van der Waals surface area contributed by atoms with Crippen LogP contribution in [0, 0.1) is 5.92 Å². The standard InChI is InChI=1S/C12H19N3O5S/c1-3-15(8-4-5-21(19,20)7-8)10(16)6-9-11(17)13-14(2)12(9)18/h8-9H,3-7H2,1-2H3,(H,13,17). The van der Waals surface area contributed by atoms with E-state index in [0.29, 0.717) is 13.0 Å². The van der Waals surface area contributed by atoms with Gasteiger partial charge >= 0.3 is 0 Å². The van der Waals surface area contributed by atoms with E-state index in [1.54, 1.807) is 6.92 Å². The van der Waals surface area contributed by atoms with Crippen LogP contribution in [-0.2, 0) is 24.2 Å². The van der Waals surface area contributed by atoms with Crippen LogP contribution in [0.3, 0.4) is 0 Å². The zero-order valence-corrected chi connectivity index (χ0v) is 12.9. The van der Waals surface area contributed by atoms with Gasteiger partial charge in [-0.2, -0.15) is 0 Å². The number of sulfone groups is 1. The number of carbonyl (C=O) groups is 3. The Morgan fingerprint density at radius 3 is 2.52 bits per heavy atom. The SMILES string of the molecule is CCN(C(=O)CC1C(=O)NN(C)C1=O)C1CCS(=O)(=O)C1. The number of hydrazine groups is 1. The predicted octanol–water partition coefficient (Wildman–Crippen LogP) is -1.47. The van der Waals surface area contributed by atoms with Crippen LogP contribution >= 0.6 is 0 Å². The van der Waals surface area contributed by atoms with E-state index in [9.17, 15) is 22.8 Å². The minimum Gasteiger partial charge on any atom is -0.339 e. The molecule has 2 saturated heterocycles. The maximum Gasteiger partial charge on any atom is 0.253 e. The van der Waals surface area contributed by atoms with Crippen molar-refractivity contribution in [1.82, 2.24) is 15.3 Å². The van der Waals surface area contributed by atoms with Gasteiger partial charge in [0, 0.05) is 26.1 Å². The first-order chi connectivity index (χ1) is 9.75. The number of rotatable bonds is 4. The van der Waals surface area contributed by atoms with Gasteiger partial charge in [-0.15, -0.1) is 0 Å². The second-order valence-electron chi connectivity index (χ2n) is 5.37. The van der Waals surface area contributed by atoms with Crippen LogP contribution in [0.5, 0.6) is 0 Å². The molecule has 2 atom stereocenters. The van der Waals surface area contributed by atoms with E-state index in [4.69, 9.17) is 0 Å². The second kappa shape index (κ2) is 5.63. The molecule has 2 aliphatic heterocycles. The fourth-order valence-corrected chi connectivity index (χ4v) is 4.51. The van der Waals surface area contributed by atoms with Crippen LogP contribution < -0.4 is 5.43 Å². The number of amides is 3. The predicted molar refractivity (Wildman–Crippen MR) is 73.5 cm³/mol. The van der Waals surface area contributed by atoms with E-state index in [-0.39, 0.29) is 29.9 Å². The highest BCUT2D eigenvalue weighted by molar-refractivity contribution is 7.91. The lowest BCUT2D eigenvalue weighted by Gasteiger charge is -2.27. The van der Waals surface area contributed by atoms with Gasteiger partial charge in [-0.25, -0.2) is 8.42 Å². The van der Waals surface area contributed by atoms with Gasteiger partial charge in [-0.05, 0) is 13.3 Å². The zero-order chi connectivity index (χ0) is 15.8. The smallest absolute Gasteiger partial charge is 0.253 e. The van der Waals surface area contributed by atoms with Gasteiger partial charge in [-0.1, -0.05) is 0 Å². The van der Waals surface area contributed by atoms with E-state index in [0.717, 1.165) is 5.01 Å². The maximum absolute atomic E-state index is 12.3. The van der Waals surface area contributed by atoms with Crippen molar-refractivity contribution in [3.8, 4) is 0 Å². The summed E-state index contributed by atoms with van der Waals surface area (Å²) in [7, 11) is -1.67. The number of nitrogens with zero attached hydrogens (tertiary/aromatic N) is 2. The average Bonchev–Trinajstić information content (AvgIpc) is 2.85. The molecular formula is C12H19N3O5S. The number of nitrogens with one attached hydrogen (secondary N) is 1. The highest BCUT2D eigenvalue weighted by Gasteiger charge is 2.41. The van der Waals surface area contributed by atoms with Crippen molar-refractivity contribution in [1.29, 1.82) is 0 Å². The Balaban J connectivity index is 2.04. The van der Waals surface area contributed by atoms with Crippen molar-refractivity contribution in [2.24, 2.45) is 5.92 Å². The monoisotopic (exact) mass is 317 g/mol. The topological polar surface area (TPSA) is 104 Å². The number of hydrogen-bond acceptors (Lipinski definition) is 5. The molecular weight excluding hydrogens is 298 g/mol. The third kappa shape index (κ3) is 3.17. The van der Waals surface area contributed by atoms with E-state index in [2.05, 4.69) is 5.43 Å². The second-order valence-corrected chi connectivity index (χ2v) is 7.60. The molecule has 1 N–H and O–H groups in total. The molecule has 0 radical (unpaired) electrons. The molecule has 2 aliphatic rings. The Morgan fingerprint density at radius 1 is 1.43 bits per heavy atom.